The van der Waals surface area contributed by atoms with Crippen molar-refractivity contribution in [2.45, 2.75) is 105 Å². The summed E-state index contributed by atoms with van der Waals surface area (Å²) in [5.74, 6) is -3.85. The van der Waals surface area contributed by atoms with Gasteiger partial charge < -0.3 is 28.4 Å². The molecule has 27 heteroatoms. The Hall–Kier alpha value is -9.65. The van der Waals surface area contributed by atoms with E-state index in [4.69, 9.17) is 63.2 Å². The summed E-state index contributed by atoms with van der Waals surface area (Å²) in [6.07, 6.45) is -5.40. The zero-order chi connectivity index (χ0) is 64.2. The van der Waals surface area contributed by atoms with Crippen LogP contribution in [0.3, 0.4) is 0 Å². The molecule has 0 spiro atoms. The summed E-state index contributed by atoms with van der Waals surface area (Å²) in [4.78, 5) is 112. The van der Waals surface area contributed by atoms with Crippen LogP contribution in [0.15, 0.2) is 136 Å². The molecule has 452 valence electrons. The molecule has 0 heterocycles. The van der Waals surface area contributed by atoms with Crippen LogP contribution in [0.2, 0.25) is 15.1 Å². The van der Waals surface area contributed by atoms with E-state index in [1.807, 2.05) is 0 Å². The second-order valence-electron chi connectivity index (χ2n) is 22.8. The van der Waals surface area contributed by atoms with E-state index < -0.39 is 113 Å². The van der Waals surface area contributed by atoms with Crippen LogP contribution >= 0.6 is 34.8 Å². The maximum Gasteiger partial charge on any atom is 0.514 e. The van der Waals surface area contributed by atoms with Crippen molar-refractivity contribution < 1.29 is 67.0 Å². The molecule has 0 saturated heterocycles. The van der Waals surface area contributed by atoms with Gasteiger partial charge in [-0.2, -0.15) is 0 Å². The van der Waals surface area contributed by atoms with Crippen LogP contribution in [0.5, 0.6) is 11.5 Å². The number of nitrogens with zero attached hydrogens (tertiary/aromatic N) is 8. The molecule has 7 aromatic rings. The van der Waals surface area contributed by atoms with E-state index in [-0.39, 0.29) is 60.0 Å². The summed E-state index contributed by atoms with van der Waals surface area (Å²) < 4.78 is 34.2. The molecule has 0 unspecified atom stereocenters. The van der Waals surface area contributed by atoms with Crippen LogP contribution in [0.25, 0.3) is 21.5 Å². The average Bonchev–Trinajstić information content (AvgIpc) is 0.862. The molecule has 0 bridgehead atoms. The molecule has 24 nitrogen and oxygen atoms in total. The van der Waals surface area contributed by atoms with Crippen LogP contribution in [0.1, 0.15) is 104 Å². The molecule has 7 aromatic carbocycles. The summed E-state index contributed by atoms with van der Waals surface area (Å²) in [6, 6.07) is 25.4. The molecular formula is C60H55Cl3N8O16. The topological polar surface area (TPSA) is 300 Å². The predicted octanol–water partition coefficient (Wildman–Crippen LogP) is 18.4. The number of benzene rings is 7. The number of nitro benzene ring substituents is 2. The number of ether oxygens (including phenoxy) is 6. The van der Waals surface area contributed by atoms with E-state index in [9.17, 15) is 39.4 Å². The lowest BCUT2D eigenvalue weighted by Gasteiger charge is -2.29. The average molecular weight is 1250 g/mol. The molecule has 0 radical (unpaired) electrons. The number of fused-ring (bicyclic) bond motifs is 2. The van der Waals surface area contributed by atoms with Gasteiger partial charge >= 0.3 is 24.5 Å². The van der Waals surface area contributed by atoms with Gasteiger partial charge in [0.1, 0.15) is 33.8 Å². The van der Waals surface area contributed by atoms with Crippen molar-refractivity contribution in [3.8, 4) is 11.5 Å². The Kier molecular flexibility index (Phi) is 19.0. The third kappa shape index (κ3) is 16.2. The van der Waals surface area contributed by atoms with Crippen molar-refractivity contribution in [2.24, 2.45) is 20.5 Å². The van der Waals surface area contributed by atoms with Gasteiger partial charge in [-0.15, -0.1) is 20.5 Å². The number of anilines is 2. The molecule has 87 heavy (non-hydrogen) atoms. The van der Waals surface area contributed by atoms with Crippen molar-refractivity contribution >= 4 is 138 Å². The van der Waals surface area contributed by atoms with Gasteiger partial charge in [0.25, 0.3) is 23.2 Å². The SMILES string of the molecule is CC(C)(C)OC(=O)Oc1c(C(=O)N(C(=O)OC(C)(C)C)c2ccc(N(C(=O)OC(C)(C)C)C(=O)c3cc4ccccc4c(N=Nc4ccc(Cl)cc4[N+](=O)[O-])c3OC(=O)OC(C)(C)C)c(Cl)c2)cc2ccccc2c1N=Nc1ccc(Cl)cc1[N+](=O)[O-]. The molecule has 0 aromatic heterocycles. The van der Waals surface area contributed by atoms with E-state index in [1.165, 1.54) is 111 Å². The number of halogens is 3. The molecule has 0 aliphatic heterocycles. The molecule has 4 amide bonds. The number of carbonyl (C=O) groups is 6. The number of imide groups is 2. The van der Waals surface area contributed by atoms with E-state index in [0.29, 0.717) is 9.80 Å². The Morgan fingerprint density at radius 1 is 0.460 bits per heavy atom. The summed E-state index contributed by atoms with van der Waals surface area (Å²) in [5, 5.41) is 41.6. The fraction of sp³-hybridized carbons (Fsp3) is 0.267. The Morgan fingerprint density at radius 3 is 1.22 bits per heavy atom. The lowest BCUT2D eigenvalue weighted by Crippen LogP contribution is -2.42. The van der Waals surface area contributed by atoms with Gasteiger partial charge in [-0.1, -0.05) is 83.3 Å². The molecular weight excluding hydrogens is 1200 g/mol. The summed E-state index contributed by atoms with van der Waals surface area (Å²) >= 11 is 19.3. The highest BCUT2D eigenvalue weighted by Crippen LogP contribution is 2.46. The van der Waals surface area contributed by atoms with Crippen LogP contribution in [0.4, 0.5) is 64.7 Å². The van der Waals surface area contributed by atoms with Crippen LogP contribution in [-0.2, 0) is 18.9 Å². The van der Waals surface area contributed by atoms with Crippen molar-refractivity contribution in [2.75, 3.05) is 9.80 Å². The monoisotopic (exact) mass is 1250 g/mol. The minimum atomic E-state index is -1.36. The van der Waals surface area contributed by atoms with Crippen molar-refractivity contribution in [3.05, 3.63) is 162 Å². The minimum absolute atomic E-state index is 0.0105. The number of nitro groups is 2. The number of rotatable bonds is 12. The van der Waals surface area contributed by atoms with Crippen molar-refractivity contribution in [1.82, 2.24) is 0 Å². The highest BCUT2D eigenvalue weighted by atomic mass is 35.5. The number of hydrogen-bond donors (Lipinski definition) is 0. The maximum absolute atomic E-state index is 15.6. The van der Waals surface area contributed by atoms with Gasteiger partial charge in [0, 0.05) is 33.0 Å². The van der Waals surface area contributed by atoms with Gasteiger partial charge in [0.15, 0.2) is 22.9 Å². The third-order valence-corrected chi connectivity index (χ3v) is 12.1. The van der Waals surface area contributed by atoms with Crippen molar-refractivity contribution in [1.29, 1.82) is 0 Å². The Bertz CT molecular complexity index is 4030. The van der Waals surface area contributed by atoms with Crippen LogP contribution in [-0.4, -0.2) is 68.6 Å². The standard InChI is InChI=1S/C60H55Cl3N8O16/c1-57(2,3)84-53(74)68(51(72)39-27-32-17-13-15-19-37(32)47(49(39)82-55(76)86-59(7,8)9)66-64-42-24-21-34(61)29-45(42)70(78)79)36-23-26-44(41(63)31-36)69(54(75)85-58(4,5)6)52(73)40-28-33-18-14-16-20-38(33)48(50(40)83-56(77)87-60(10,11)12)67-65-43-25-22-35(62)30-46(43)71(80)81/h13-31H,1-12H3. The summed E-state index contributed by atoms with van der Waals surface area (Å²) in [7, 11) is 0. The Morgan fingerprint density at radius 2 is 0.839 bits per heavy atom. The van der Waals surface area contributed by atoms with E-state index >= 15 is 9.59 Å². The second-order valence-corrected chi connectivity index (χ2v) is 24.1. The normalized spacial score (nSPS) is 12.0. The lowest BCUT2D eigenvalue weighted by molar-refractivity contribution is -0.384. The van der Waals surface area contributed by atoms with Crippen molar-refractivity contribution in [3.63, 3.8) is 0 Å². The Balaban J connectivity index is 1.46. The first-order chi connectivity index (χ1) is 40.5. The summed E-state index contributed by atoms with van der Waals surface area (Å²) in [6.45, 7) is 18.3. The van der Waals surface area contributed by atoms with Gasteiger partial charge in [-0.3, -0.25) is 29.8 Å². The molecule has 0 aliphatic carbocycles. The fourth-order valence-corrected chi connectivity index (χ4v) is 8.57. The predicted molar refractivity (Wildman–Crippen MR) is 324 cm³/mol. The molecule has 0 fully saturated rings. The number of carbonyl (C=O) groups excluding carboxylic acids is 6. The second kappa shape index (κ2) is 25.5. The van der Waals surface area contributed by atoms with Gasteiger partial charge in [-0.25, -0.2) is 29.0 Å². The highest BCUT2D eigenvalue weighted by molar-refractivity contribution is 6.37. The van der Waals surface area contributed by atoms with Crippen LogP contribution in [0, 0.1) is 20.2 Å². The van der Waals surface area contributed by atoms with E-state index in [0.717, 1.165) is 30.3 Å². The first kappa shape index (κ1) is 64.9. The highest BCUT2D eigenvalue weighted by Gasteiger charge is 2.39. The van der Waals surface area contributed by atoms with E-state index in [1.54, 1.807) is 57.2 Å². The van der Waals surface area contributed by atoms with Gasteiger partial charge in [0.05, 0.1) is 37.4 Å². The zero-order valence-corrected chi connectivity index (χ0v) is 51.0. The zero-order valence-electron chi connectivity index (χ0n) is 48.7. The van der Waals surface area contributed by atoms with Crippen LogP contribution < -0.4 is 19.3 Å². The fourth-order valence-electron chi connectivity index (χ4n) is 7.98. The smallest absolute Gasteiger partial charge is 0.443 e. The first-order valence-corrected chi connectivity index (χ1v) is 27.2. The molecule has 0 aliphatic rings. The largest absolute Gasteiger partial charge is 0.514 e. The molecule has 0 atom stereocenters. The first-order valence-electron chi connectivity index (χ1n) is 26.1. The number of amides is 4. The lowest BCUT2D eigenvalue weighted by atomic mass is 10.0. The molecule has 7 rings (SSSR count). The number of azo groups is 2. The quantitative estimate of drug-likeness (QED) is 0.0274. The summed E-state index contributed by atoms with van der Waals surface area (Å²) in [5.41, 5.74) is -9.28. The van der Waals surface area contributed by atoms with E-state index in [2.05, 4.69) is 20.5 Å². The van der Waals surface area contributed by atoms with Gasteiger partial charge in [0.2, 0.25) is 0 Å². The Labute approximate surface area is 511 Å². The maximum atomic E-state index is 15.6. The number of hydrogen-bond acceptors (Lipinski definition) is 20. The molecule has 0 saturated carbocycles. The molecule has 0 N–H and O–H groups in total. The van der Waals surface area contributed by atoms with Gasteiger partial charge in [-0.05, 0) is 148 Å². The third-order valence-electron chi connectivity index (χ3n) is 11.3. The minimum Gasteiger partial charge on any atom is -0.443 e.